The molecule has 1 fully saturated rings. The molecule has 126 valence electrons. The first-order valence-corrected chi connectivity index (χ1v) is 8.23. The smallest absolute Gasteiger partial charge is 0.350 e. The number of nitrogens with one attached hydrogen (secondary N) is 1. The van der Waals surface area contributed by atoms with Crippen molar-refractivity contribution in [2.45, 2.75) is 12.5 Å². The summed E-state index contributed by atoms with van der Waals surface area (Å²) in [6, 6.07) is 4.92. The molecule has 1 atom stereocenters. The minimum atomic E-state index is -0.485. The number of carbonyl (C=O) groups excluding carboxylic acids is 2. The van der Waals surface area contributed by atoms with Crippen LogP contribution in [0.4, 0.5) is 5.69 Å². The molecule has 7 nitrogen and oxygen atoms in total. The van der Waals surface area contributed by atoms with Gasteiger partial charge in [0.05, 0.1) is 31.6 Å². The van der Waals surface area contributed by atoms with Gasteiger partial charge >= 0.3 is 5.97 Å². The van der Waals surface area contributed by atoms with E-state index in [1.54, 1.807) is 23.6 Å². The van der Waals surface area contributed by atoms with Crippen LogP contribution in [0.3, 0.4) is 0 Å². The second-order valence-electron chi connectivity index (χ2n) is 5.10. The van der Waals surface area contributed by atoms with E-state index in [9.17, 15) is 9.59 Å². The molecular weight excluding hydrogens is 332 g/mol. The van der Waals surface area contributed by atoms with E-state index in [1.807, 2.05) is 0 Å². The van der Waals surface area contributed by atoms with Gasteiger partial charge in [0.2, 0.25) is 5.88 Å². The zero-order valence-electron chi connectivity index (χ0n) is 13.0. The number of esters is 1. The summed E-state index contributed by atoms with van der Waals surface area (Å²) < 4.78 is 15.6. The predicted octanol–water partition coefficient (Wildman–Crippen LogP) is 2.35. The average Bonchev–Trinajstić information content (AvgIpc) is 3.26. The molecular formula is C16H16N2O5S. The van der Waals surface area contributed by atoms with Crippen molar-refractivity contribution < 1.29 is 23.8 Å². The van der Waals surface area contributed by atoms with Crippen molar-refractivity contribution in [3.63, 3.8) is 0 Å². The SMILES string of the molecule is COC(=O)c1sccc1NC(=O)c1ccc(O[C@H]2CCOC2)nc1. The number of carbonyl (C=O) groups is 2. The fourth-order valence-corrected chi connectivity index (χ4v) is 2.98. The normalized spacial score (nSPS) is 16.6. The van der Waals surface area contributed by atoms with Gasteiger partial charge in [-0.3, -0.25) is 4.79 Å². The van der Waals surface area contributed by atoms with Crippen LogP contribution in [0, 0.1) is 0 Å². The molecule has 0 spiro atoms. The number of pyridine rings is 1. The molecule has 24 heavy (non-hydrogen) atoms. The first kappa shape index (κ1) is 16.4. The van der Waals surface area contributed by atoms with Crippen LogP contribution < -0.4 is 10.1 Å². The van der Waals surface area contributed by atoms with Crippen LogP contribution in [0.25, 0.3) is 0 Å². The number of nitrogens with zero attached hydrogens (tertiary/aromatic N) is 1. The van der Waals surface area contributed by atoms with Gasteiger partial charge in [-0.05, 0) is 17.5 Å². The van der Waals surface area contributed by atoms with Crippen molar-refractivity contribution in [1.29, 1.82) is 0 Å². The summed E-state index contributed by atoms with van der Waals surface area (Å²) in [7, 11) is 1.30. The van der Waals surface area contributed by atoms with Crippen molar-refractivity contribution in [3.05, 3.63) is 40.2 Å². The topological polar surface area (TPSA) is 86.8 Å². The van der Waals surface area contributed by atoms with Crippen molar-refractivity contribution in [3.8, 4) is 5.88 Å². The molecule has 1 N–H and O–H groups in total. The molecule has 2 aromatic rings. The van der Waals surface area contributed by atoms with E-state index in [-0.39, 0.29) is 12.0 Å². The number of rotatable bonds is 5. The molecule has 0 aliphatic carbocycles. The molecule has 0 bridgehead atoms. The third kappa shape index (κ3) is 3.72. The Balaban J connectivity index is 1.65. The standard InChI is InChI=1S/C16H16N2O5S/c1-21-16(20)14-12(5-7-24-14)18-15(19)10-2-3-13(17-8-10)23-11-4-6-22-9-11/h2-3,5,7-8,11H,4,6,9H2,1H3,(H,18,19)/t11-/m0/s1. The molecule has 2 aromatic heterocycles. The van der Waals surface area contributed by atoms with Gasteiger partial charge in [0.1, 0.15) is 11.0 Å². The lowest BCUT2D eigenvalue weighted by Gasteiger charge is -2.11. The maximum atomic E-state index is 12.3. The fraction of sp³-hybridized carbons (Fsp3) is 0.312. The van der Waals surface area contributed by atoms with E-state index in [2.05, 4.69) is 15.0 Å². The van der Waals surface area contributed by atoms with E-state index in [0.29, 0.717) is 35.2 Å². The molecule has 0 radical (unpaired) electrons. The predicted molar refractivity (Wildman–Crippen MR) is 87.7 cm³/mol. The molecule has 3 rings (SSSR count). The number of anilines is 1. The van der Waals surface area contributed by atoms with E-state index in [1.165, 1.54) is 24.6 Å². The number of ether oxygens (including phenoxy) is 3. The first-order chi connectivity index (χ1) is 11.7. The molecule has 0 unspecified atom stereocenters. The highest BCUT2D eigenvalue weighted by atomic mass is 32.1. The molecule has 1 aliphatic rings. The van der Waals surface area contributed by atoms with Gasteiger partial charge in [0.25, 0.3) is 5.91 Å². The second-order valence-corrected chi connectivity index (χ2v) is 6.01. The molecule has 0 aromatic carbocycles. The highest BCUT2D eigenvalue weighted by molar-refractivity contribution is 7.12. The van der Waals surface area contributed by atoms with Gasteiger partial charge < -0.3 is 19.5 Å². The number of aromatic nitrogens is 1. The van der Waals surface area contributed by atoms with E-state index >= 15 is 0 Å². The maximum Gasteiger partial charge on any atom is 0.350 e. The first-order valence-electron chi connectivity index (χ1n) is 7.35. The van der Waals surface area contributed by atoms with E-state index in [0.717, 1.165) is 6.42 Å². The number of amides is 1. The summed E-state index contributed by atoms with van der Waals surface area (Å²) in [5.41, 5.74) is 0.785. The minimum absolute atomic E-state index is 0.00518. The zero-order valence-corrected chi connectivity index (χ0v) is 13.8. The van der Waals surface area contributed by atoms with Gasteiger partial charge in [-0.1, -0.05) is 0 Å². The molecule has 1 aliphatic heterocycles. The Kier molecular flexibility index (Phi) is 5.07. The Hall–Kier alpha value is -2.45. The van der Waals surface area contributed by atoms with Crippen molar-refractivity contribution in [2.24, 2.45) is 0 Å². The van der Waals surface area contributed by atoms with E-state index in [4.69, 9.17) is 9.47 Å². The van der Waals surface area contributed by atoms with Gasteiger partial charge in [-0.15, -0.1) is 11.3 Å². The minimum Gasteiger partial charge on any atom is -0.472 e. The summed E-state index contributed by atoms with van der Waals surface area (Å²) >= 11 is 1.20. The van der Waals surface area contributed by atoms with Crippen molar-refractivity contribution >= 4 is 28.9 Å². The van der Waals surface area contributed by atoms with Gasteiger partial charge in [-0.2, -0.15) is 0 Å². The summed E-state index contributed by atoms with van der Waals surface area (Å²) in [5, 5.41) is 4.39. The Morgan fingerprint density at radius 3 is 2.92 bits per heavy atom. The molecule has 1 saturated heterocycles. The van der Waals surface area contributed by atoms with Crippen LogP contribution in [0.15, 0.2) is 29.8 Å². The third-order valence-corrected chi connectivity index (χ3v) is 4.35. The summed E-state index contributed by atoms with van der Waals surface area (Å²) in [4.78, 5) is 28.4. The van der Waals surface area contributed by atoms with Crippen LogP contribution in [0.2, 0.25) is 0 Å². The maximum absolute atomic E-state index is 12.3. The third-order valence-electron chi connectivity index (χ3n) is 3.46. The molecule has 8 heteroatoms. The highest BCUT2D eigenvalue weighted by Crippen LogP contribution is 2.24. The fourth-order valence-electron chi connectivity index (χ4n) is 2.21. The average molecular weight is 348 g/mol. The van der Waals surface area contributed by atoms with Gasteiger partial charge in [0, 0.05) is 18.7 Å². The number of thiophene rings is 1. The summed E-state index contributed by atoms with van der Waals surface area (Å²) in [5.74, 6) is -0.393. The summed E-state index contributed by atoms with van der Waals surface area (Å²) in [6.45, 7) is 1.24. The van der Waals surface area contributed by atoms with Crippen LogP contribution in [-0.2, 0) is 9.47 Å². The number of methoxy groups -OCH3 is 1. The van der Waals surface area contributed by atoms with Crippen molar-refractivity contribution in [2.75, 3.05) is 25.6 Å². The van der Waals surface area contributed by atoms with Crippen LogP contribution in [-0.4, -0.2) is 43.3 Å². The highest BCUT2D eigenvalue weighted by Gasteiger charge is 2.19. The molecule has 1 amide bonds. The van der Waals surface area contributed by atoms with Crippen LogP contribution in [0.1, 0.15) is 26.5 Å². The number of hydrogen-bond acceptors (Lipinski definition) is 7. The lowest BCUT2D eigenvalue weighted by Crippen LogP contribution is -2.17. The summed E-state index contributed by atoms with van der Waals surface area (Å²) in [6.07, 6.45) is 2.27. The lowest BCUT2D eigenvalue weighted by molar-refractivity contribution is 0.0607. The van der Waals surface area contributed by atoms with Gasteiger partial charge in [-0.25, -0.2) is 9.78 Å². The van der Waals surface area contributed by atoms with Crippen molar-refractivity contribution in [1.82, 2.24) is 4.98 Å². The largest absolute Gasteiger partial charge is 0.472 e. The Morgan fingerprint density at radius 1 is 1.38 bits per heavy atom. The molecule has 3 heterocycles. The molecule has 0 saturated carbocycles. The Morgan fingerprint density at radius 2 is 2.25 bits per heavy atom. The lowest BCUT2D eigenvalue weighted by atomic mass is 10.2. The quantitative estimate of drug-likeness (QED) is 0.835. The monoisotopic (exact) mass is 348 g/mol. The van der Waals surface area contributed by atoms with Crippen LogP contribution >= 0.6 is 11.3 Å². The van der Waals surface area contributed by atoms with Crippen LogP contribution in [0.5, 0.6) is 5.88 Å². The van der Waals surface area contributed by atoms with E-state index < -0.39 is 5.97 Å². The Bertz CT molecular complexity index is 722. The number of hydrogen-bond donors (Lipinski definition) is 1. The Labute approximate surface area is 142 Å². The van der Waals surface area contributed by atoms with Gasteiger partial charge in [0.15, 0.2) is 0 Å². The second kappa shape index (κ2) is 7.41. The zero-order chi connectivity index (χ0) is 16.9.